The maximum absolute atomic E-state index is 11.9. The predicted molar refractivity (Wildman–Crippen MR) is 75.2 cm³/mol. The molecule has 5 heteroatoms. The Balaban J connectivity index is 2.13. The van der Waals surface area contributed by atoms with Crippen LogP contribution in [-0.2, 0) is 10.0 Å². The fraction of sp³-hybridized carbons (Fsp3) is 0.429. The van der Waals surface area contributed by atoms with Crippen LogP contribution in [0.4, 0.5) is 5.69 Å². The molecule has 0 aliphatic heterocycles. The number of anilines is 1. The molecular formula is C14H17NO3S. The van der Waals surface area contributed by atoms with Gasteiger partial charge < -0.3 is 5.11 Å². The zero-order valence-electron chi connectivity index (χ0n) is 10.6. The smallest absolute Gasteiger partial charge is 0.233 e. The van der Waals surface area contributed by atoms with Crippen LogP contribution in [0.1, 0.15) is 24.8 Å². The first-order valence-corrected chi connectivity index (χ1v) is 7.95. The van der Waals surface area contributed by atoms with Crippen LogP contribution in [0, 0.1) is 17.8 Å². The largest absolute Gasteiger partial charge is 0.395 e. The van der Waals surface area contributed by atoms with Gasteiger partial charge in [0.05, 0.1) is 18.0 Å². The number of rotatable bonds is 5. The highest BCUT2D eigenvalue weighted by atomic mass is 32.2. The first kappa shape index (κ1) is 13.9. The zero-order chi connectivity index (χ0) is 13.7. The Morgan fingerprint density at radius 1 is 1.32 bits per heavy atom. The molecule has 0 radical (unpaired) electrons. The molecule has 0 aromatic heterocycles. The molecule has 1 aromatic carbocycles. The van der Waals surface area contributed by atoms with Gasteiger partial charge in [0.15, 0.2) is 0 Å². The molecule has 1 aromatic rings. The summed E-state index contributed by atoms with van der Waals surface area (Å²) in [6.45, 7) is 0.00255. The Bertz CT molecular complexity index is 595. The first-order valence-electron chi connectivity index (χ1n) is 6.30. The number of para-hydroxylation sites is 1. The van der Waals surface area contributed by atoms with E-state index in [0.29, 0.717) is 23.6 Å². The zero-order valence-corrected chi connectivity index (χ0v) is 11.4. The lowest BCUT2D eigenvalue weighted by molar-refractivity contribution is 0.305. The number of benzene rings is 1. The summed E-state index contributed by atoms with van der Waals surface area (Å²) in [5, 5.41) is 8.69. The van der Waals surface area contributed by atoms with Gasteiger partial charge >= 0.3 is 0 Å². The topological polar surface area (TPSA) is 66.4 Å². The Kier molecular flexibility index (Phi) is 4.46. The molecule has 102 valence electrons. The van der Waals surface area contributed by atoms with Crippen LogP contribution in [0.3, 0.4) is 0 Å². The molecule has 0 saturated heterocycles. The van der Waals surface area contributed by atoms with Crippen molar-refractivity contribution in [1.82, 2.24) is 0 Å². The van der Waals surface area contributed by atoms with Crippen molar-refractivity contribution in [3.8, 4) is 11.8 Å². The Labute approximate surface area is 113 Å². The summed E-state index contributed by atoms with van der Waals surface area (Å²) in [5.41, 5.74) is 1.14. The van der Waals surface area contributed by atoms with Gasteiger partial charge in [0, 0.05) is 12.0 Å². The summed E-state index contributed by atoms with van der Waals surface area (Å²) in [4.78, 5) is 0. The number of sulfonamides is 1. The van der Waals surface area contributed by atoms with Gasteiger partial charge in [-0.1, -0.05) is 24.0 Å². The Morgan fingerprint density at radius 2 is 2.05 bits per heavy atom. The molecule has 0 heterocycles. The highest BCUT2D eigenvalue weighted by Gasteiger charge is 2.28. The van der Waals surface area contributed by atoms with Crippen molar-refractivity contribution in [2.75, 3.05) is 17.1 Å². The molecular weight excluding hydrogens is 262 g/mol. The molecule has 2 N–H and O–H groups in total. The third-order valence-corrected chi connectivity index (χ3v) is 4.25. The van der Waals surface area contributed by atoms with E-state index in [-0.39, 0.29) is 12.4 Å². The first-order chi connectivity index (χ1) is 9.11. The summed E-state index contributed by atoms with van der Waals surface area (Å²) in [5.74, 6) is 6.16. The molecule has 2 rings (SSSR count). The van der Waals surface area contributed by atoms with E-state index in [2.05, 4.69) is 16.6 Å². The quantitative estimate of drug-likeness (QED) is 0.804. The van der Waals surface area contributed by atoms with Gasteiger partial charge in [0.25, 0.3) is 0 Å². The van der Waals surface area contributed by atoms with Crippen molar-refractivity contribution in [3.05, 3.63) is 29.8 Å². The fourth-order valence-corrected chi connectivity index (χ4v) is 3.25. The lowest BCUT2D eigenvalue weighted by Gasteiger charge is -2.09. The fourth-order valence-electron chi connectivity index (χ4n) is 1.70. The average Bonchev–Trinajstić information content (AvgIpc) is 3.14. The van der Waals surface area contributed by atoms with E-state index in [1.807, 2.05) is 6.07 Å². The van der Waals surface area contributed by atoms with Gasteiger partial charge in [-0.05, 0) is 30.9 Å². The lowest BCUT2D eigenvalue weighted by atomic mass is 10.2. The van der Waals surface area contributed by atoms with E-state index in [1.165, 1.54) is 0 Å². The van der Waals surface area contributed by atoms with Crippen molar-refractivity contribution < 1.29 is 13.5 Å². The molecule has 0 amide bonds. The van der Waals surface area contributed by atoms with Gasteiger partial charge in [0.1, 0.15) is 0 Å². The van der Waals surface area contributed by atoms with Gasteiger partial charge in [-0.3, -0.25) is 4.72 Å². The SMILES string of the molecule is O=S(=O)(CC1CC1)Nc1ccccc1C#CCCO. The highest BCUT2D eigenvalue weighted by Crippen LogP contribution is 2.30. The highest BCUT2D eigenvalue weighted by molar-refractivity contribution is 7.92. The van der Waals surface area contributed by atoms with E-state index in [4.69, 9.17) is 5.11 Å². The molecule has 1 aliphatic rings. The molecule has 1 fully saturated rings. The lowest BCUT2D eigenvalue weighted by Crippen LogP contribution is -2.18. The van der Waals surface area contributed by atoms with Gasteiger partial charge in [-0.2, -0.15) is 0 Å². The minimum absolute atomic E-state index is 0.00255. The molecule has 0 unspecified atom stereocenters. The molecule has 19 heavy (non-hydrogen) atoms. The van der Waals surface area contributed by atoms with E-state index < -0.39 is 10.0 Å². The summed E-state index contributed by atoms with van der Waals surface area (Å²) in [6, 6.07) is 7.04. The minimum atomic E-state index is -3.29. The second-order valence-electron chi connectivity index (χ2n) is 4.65. The van der Waals surface area contributed by atoms with Crippen LogP contribution in [-0.4, -0.2) is 25.9 Å². The Morgan fingerprint density at radius 3 is 2.74 bits per heavy atom. The number of hydrogen-bond acceptors (Lipinski definition) is 3. The van der Waals surface area contributed by atoms with Crippen LogP contribution in [0.25, 0.3) is 0 Å². The molecule has 1 saturated carbocycles. The van der Waals surface area contributed by atoms with Gasteiger partial charge in [0.2, 0.25) is 10.0 Å². The standard InChI is InChI=1S/C14H17NO3S/c16-10-4-3-6-13-5-1-2-7-14(13)15-19(17,18)11-12-8-9-12/h1-2,5,7,12,15-16H,4,8-11H2. The molecule has 0 bridgehead atoms. The second kappa shape index (κ2) is 6.09. The number of hydrogen-bond donors (Lipinski definition) is 2. The van der Waals surface area contributed by atoms with Gasteiger partial charge in [-0.25, -0.2) is 8.42 Å². The van der Waals surface area contributed by atoms with E-state index in [9.17, 15) is 8.42 Å². The third-order valence-electron chi connectivity index (χ3n) is 2.80. The van der Waals surface area contributed by atoms with Crippen molar-refractivity contribution in [3.63, 3.8) is 0 Å². The van der Waals surface area contributed by atoms with E-state index >= 15 is 0 Å². The van der Waals surface area contributed by atoms with Crippen LogP contribution in [0.5, 0.6) is 0 Å². The van der Waals surface area contributed by atoms with E-state index in [1.54, 1.807) is 18.2 Å². The number of aliphatic hydroxyl groups excluding tert-OH is 1. The summed E-state index contributed by atoms with van der Waals surface area (Å²) in [7, 11) is -3.29. The number of nitrogens with one attached hydrogen (secondary N) is 1. The minimum Gasteiger partial charge on any atom is -0.395 e. The van der Waals surface area contributed by atoms with Crippen molar-refractivity contribution >= 4 is 15.7 Å². The van der Waals surface area contributed by atoms with Crippen molar-refractivity contribution in [2.24, 2.45) is 5.92 Å². The summed E-state index contributed by atoms with van der Waals surface area (Å²) in [6.07, 6.45) is 2.38. The molecule has 1 aliphatic carbocycles. The van der Waals surface area contributed by atoms with Gasteiger partial charge in [-0.15, -0.1) is 0 Å². The molecule has 0 atom stereocenters. The number of aliphatic hydroxyl groups is 1. The normalized spacial score (nSPS) is 14.6. The van der Waals surface area contributed by atoms with Crippen LogP contribution < -0.4 is 4.72 Å². The maximum Gasteiger partial charge on any atom is 0.233 e. The summed E-state index contributed by atoms with van der Waals surface area (Å²) >= 11 is 0. The predicted octanol–water partition coefficient (Wildman–Crippen LogP) is 1.57. The average molecular weight is 279 g/mol. The Hall–Kier alpha value is -1.51. The van der Waals surface area contributed by atoms with Crippen LogP contribution in [0.15, 0.2) is 24.3 Å². The van der Waals surface area contributed by atoms with Crippen molar-refractivity contribution in [2.45, 2.75) is 19.3 Å². The van der Waals surface area contributed by atoms with Crippen LogP contribution in [0.2, 0.25) is 0 Å². The third kappa shape index (κ3) is 4.58. The maximum atomic E-state index is 11.9. The van der Waals surface area contributed by atoms with Crippen LogP contribution >= 0.6 is 0 Å². The monoisotopic (exact) mass is 279 g/mol. The second-order valence-corrected chi connectivity index (χ2v) is 6.41. The van der Waals surface area contributed by atoms with Crippen molar-refractivity contribution in [1.29, 1.82) is 0 Å². The molecule has 0 spiro atoms. The van der Waals surface area contributed by atoms with E-state index in [0.717, 1.165) is 12.8 Å². The molecule has 4 nitrogen and oxygen atoms in total. The summed E-state index contributed by atoms with van der Waals surface area (Å²) < 4.78 is 26.5.